The van der Waals surface area contributed by atoms with Crippen molar-refractivity contribution < 1.29 is 4.79 Å². The van der Waals surface area contributed by atoms with Crippen LogP contribution in [0.3, 0.4) is 0 Å². The predicted molar refractivity (Wildman–Crippen MR) is 70.1 cm³/mol. The molecule has 0 radical (unpaired) electrons. The summed E-state index contributed by atoms with van der Waals surface area (Å²) in [5, 5.41) is 5.99. The summed E-state index contributed by atoms with van der Waals surface area (Å²) in [6, 6.07) is 5.91. The number of amides is 1. The summed E-state index contributed by atoms with van der Waals surface area (Å²) < 4.78 is 0. The molecule has 0 unspecified atom stereocenters. The Morgan fingerprint density at radius 3 is 2.65 bits per heavy atom. The van der Waals surface area contributed by atoms with Gasteiger partial charge in [0.1, 0.15) is 0 Å². The topological polar surface area (TPSA) is 67.2 Å². The Morgan fingerprint density at radius 1 is 1.41 bits per heavy atom. The van der Waals surface area contributed by atoms with Crippen LogP contribution < -0.4 is 16.4 Å². The Bertz CT molecular complexity index is 425. The molecule has 1 amide bonds. The molecule has 0 bridgehead atoms. The smallest absolute Gasteiger partial charge is 0.251 e. The zero-order chi connectivity index (χ0) is 12.4. The molecule has 1 fully saturated rings. The molecule has 17 heavy (non-hydrogen) atoms. The van der Waals surface area contributed by atoms with Crippen LogP contribution in [0, 0.1) is 5.92 Å². The first kappa shape index (κ1) is 11.8. The lowest BCUT2D eigenvalue weighted by molar-refractivity contribution is 0.0963. The molecule has 1 aromatic carbocycles. The molecule has 0 saturated heterocycles. The average molecular weight is 233 g/mol. The molecule has 0 aliphatic heterocycles. The lowest BCUT2D eigenvalue weighted by Crippen LogP contribution is -2.34. The Hall–Kier alpha value is -1.71. The van der Waals surface area contributed by atoms with E-state index >= 15 is 0 Å². The van der Waals surface area contributed by atoms with E-state index in [0.717, 1.165) is 11.6 Å². The third kappa shape index (κ3) is 2.52. The van der Waals surface area contributed by atoms with Gasteiger partial charge in [-0.3, -0.25) is 4.79 Å². The zero-order valence-electron chi connectivity index (χ0n) is 10.3. The molecule has 4 nitrogen and oxygen atoms in total. The first-order valence-corrected chi connectivity index (χ1v) is 5.98. The van der Waals surface area contributed by atoms with Crippen LogP contribution in [0.25, 0.3) is 0 Å². The second-order valence-electron chi connectivity index (χ2n) is 4.80. The summed E-state index contributed by atoms with van der Waals surface area (Å²) >= 11 is 0. The minimum Gasteiger partial charge on any atom is -0.397 e. The molecular formula is C13H19N3O. The van der Waals surface area contributed by atoms with Crippen LogP contribution in [0.5, 0.6) is 0 Å². The number of nitrogens with one attached hydrogen (secondary N) is 2. The van der Waals surface area contributed by atoms with Gasteiger partial charge in [-0.15, -0.1) is 0 Å². The van der Waals surface area contributed by atoms with Crippen LogP contribution in [0.2, 0.25) is 0 Å². The Labute approximate surface area is 102 Å². The molecule has 1 aliphatic rings. The van der Waals surface area contributed by atoms with Gasteiger partial charge in [0.25, 0.3) is 5.91 Å². The predicted octanol–water partition coefficient (Wildman–Crippen LogP) is 1.84. The molecular weight excluding hydrogens is 214 g/mol. The maximum absolute atomic E-state index is 11.4. The van der Waals surface area contributed by atoms with E-state index in [9.17, 15) is 4.79 Å². The molecule has 1 aromatic rings. The summed E-state index contributed by atoms with van der Waals surface area (Å²) in [7, 11) is 1.61. The van der Waals surface area contributed by atoms with Gasteiger partial charge < -0.3 is 16.4 Å². The minimum atomic E-state index is -0.111. The summed E-state index contributed by atoms with van der Waals surface area (Å²) in [5.74, 6) is 0.694. The molecule has 1 saturated carbocycles. The fourth-order valence-electron chi connectivity index (χ4n) is 2.22. The fraction of sp³-hybridized carbons (Fsp3) is 0.462. The maximum atomic E-state index is 11.4. The molecule has 1 aliphatic carbocycles. The van der Waals surface area contributed by atoms with Crippen LogP contribution in [0.1, 0.15) is 30.1 Å². The van der Waals surface area contributed by atoms with Crippen LogP contribution in [0.15, 0.2) is 18.2 Å². The largest absolute Gasteiger partial charge is 0.397 e. The Kier molecular flexibility index (Phi) is 3.22. The van der Waals surface area contributed by atoms with E-state index in [2.05, 4.69) is 17.6 Å². The van der Waals surface area contributed by atoms with E-state index in [1.54, 1.807) is 19.2 Å². The van der Waals surface area contributed by atoms with Crippen molar-refractivity contribution in [1.82, 2.24) is 5.32 Å². The van der Waals surface area contributed by atoms with E-state index in [1.165, 1.54) is 12.8 Å². The van der Waals surface area contributed by atoms with Crippen molar-refractivity contribution in [3.8, 4) is 0 Å². The van der Waals surface area contributed by atoms with Crippen molar-refractivity contribution in [2.45, 2.75) is 25.8 Å². The molecule has 0 spiro atoms. The van der Waals surface area contributed by atoms with Gasteiger partial charge in [0.05, 0.1) is 11.4 Å². The molecule has 0 atom stereocenters. The first-order valence-electron chi connectivity index (χ1n) is 5.98. The highest BCUT2D eigenvalue weighted by Gasteiger charge is 2.25. The Balaban J connectivity index is 2.06. The number of hydrogen-bond acceptors (Lipinski definition) is 3. The van der Waals surface area contributed by atoms with E-state index < -0.39 is 0 Å². The summed E-state index contributed by atoms with van der Waals surface area (Å²) in [5.41, 5.74) is 8.08. The van der Waals surface area contributed by atoms with Crippen LogP contribution >= 0.6 is 0 Å². The standard InChI is InChI=1S/C13H19N3O/c1-8-5-10(6-8)16-12-4-3-9(7-11(12)14)13(17)15-2/h3-4,7-8,10,16H,5-6,14H2,1-2H3,(H,15,17). The third-order valence-corrected chi connectivity index (χ3v) is 3.27. The summed E-state index contributed by atoms with van der Waals surface area (Å²) in [6.07, 6.45) is 2.38. The van der Waals surface area contributed by atoms with Crippen LogP contribution in [-0.4, -0.2) is 19.0 Å². The van der Waals surface area contributed by atoms with Crippen molar-refractivity contribution in [1.29, 1.82) is 0 Å². The van der Waals surface area contributed by atoms with Crippen molar-refractivity contribution >= 4 is 17.3 Å². The second-order valence-corrected chi connectivity index (χ2v) is 4.80. The van der Waals surface area contributed by atoms with Crippen molar-refractivity contribution in [3.63, 3.8) is 0 Å². The molecule has 4 N–H and O–H groups in total. The van der Waals surface area contributed by atoms with E-state index in [1.807, 2.05) is 6.07 Å². The van der Waals surface area contributed by atoms with Crippen molar-refractivity contribution in [2.75, 3.05) is 18.1 Å². The van der Waals surface area contributed by atoms with Gasteiger partial charge in [0.2, 0.25) is 0 Å². The maximum Gasteiger partial charge on any atom is 0.251 e. The van der Waals surface area contributed by atoms with E-state index in [-0.39, 0.29) is 5.91 Å². The van der Waals surface area contributed by atoms with Gasteiger partial charge in [0.15, 0.2) is 0 Å². The number of hydrogen-bond donors (Lipinski definition) is 3. The number of carbonyl (C=O) groups is 1. The SMILES string of the molecule is CNC(=O)c1ccc(NC2CC(C)C2)c(N)c1. The lowest BCUT2D eigenvalue weighted by Gasteiger charge is -2.34. The number of nitrogen functional groups attached to an aromatic ring is 1. The minimum absolute atomic E-state index is 0.111. The van der Waals surface area contributed by atoms with E-state index in [0.29, 0.717) is 17.3 Å². The number of anilines is 2. The number of carbonyl (C=O) groups excluding carboxylic acids is 1. The van der Waals surface area contributed by atoms with Gasteiger partial charge in [-0.25, -0.2) is 0 Å². The highest BCUT2D eigenvalue weighted by atomic mass is 16.1. The zero-order valence-corrected chi connectivity index (χ0v) is 10.3. The highest BCUT2D eigenvalue weighted by molar-refractivity contribution is 5.95. The number of nitrogens with two attached hydrogens (primary N) is 1. The highest BCUT2D eigenvalue weighted by Crippen LogP contribution is 2.31. The fourth-order valence-corrected chi connectivity index (χ4v) is 2.22. The summed E-state index contributed by atoms with van der Waals surface area (Å²) in [4.78, 5) is 11.4. The quantitative estimate of drug-likeness (QED) is 0.698. The van der Waals surface area contributed by atoms with E-state index in [4.69, 9.17) is 5.73 Å². The lowest BCUT2D eigenvalue weighted by atomic mass is 9.82. The first-order chi connectivity index (χ1) is 8.10. The molecule has 0 aromatic heterocycles. The normalized spacial score (nSPS) is 22.7. The van der Waals surface area contributed by atoms with Crippen LogP contribution in [0.4, 0.5) is 11.4 Å². The van der Waals surface area contributed by atoms with Crippen molar-refractivity contribution in [2.24, 2.45) is 5.92 Å². The van der Waals surface area contributed by atoms with Gasteiger partial charge >= 0.3 is 0 Å². The monoisotopic (exact) mass is 233 g/mol. The molecule has 2 rings (SSSR count). The number of rotatable bonds is 3. The van der Waals surface area contributed by atoms with Gasteiger partial charge in [-0.05, 0) is 37.0 Å². The molecule has 4 heteroatoms. The van der Waals surface area contributed by atoms with Crippen molar-refractivity contribution in [3.05, 3.63) is 23.8 Å². The summed E-state index contributed by atoms with van der Waals surface area (Å²) in [6.45, 7) is 2.25. The second kappa shape index (κ2) is 4.65. The molecule has 0 heterocycles. The number of benzene rings is 1. The Morgan fingerprint density at radius 2 is 2.12 bits per heavy atom. The van der Waals surface area contributed by atoms with Gasteiger partial charge in [-0.1, -0.05) is 6.92 Å². The van der Waals surface area contributed by atoms with Gasteiger partial charge in [0, 0.05) is 18.7 Å². The van der Waals surface area contributed by atoms with Crippen LogP contribution in [-0.2, 0) is 0 Å². The average Bonchev–Trinajstić information content (AvgIpc) is 2.28. The third-order valence-electron chi connectivity index (χ3n) is 3.27. The van der Waals surface area contributed by atoms with Gasteiger partial charge in [-0.2, -0.15) is 0 Å². The molecule has 92 valence electrons.